The summed E-state index contributed by atoms with van der Waals surface area (Å²) in [6.45, 7) is 1.88. The van der Waals surface area contributed by atoms with Crippen LogP contribution in [0.15, 0.2) is 29.2 Å². The van der Waals surface area contributed by atoms with Crippen molar-refractivity contribution < 1.29 is 12.6 Å². The van der Waals surface area contributed by atoms with E-state index in [1.165, 1.54) is 12.1 Å². The molecule has 0 bridgehead atoms. The van der Waals surface area contributed by atoms with Crippen LogP contribution in [0.3, 0.4) is 0 Å². The normalized spacial score (nSPS) is 18.1. The largest absolute Gasteiger partial charge is 0.298 e. The van der Waals surface area contributed by atoms with E-state index in [2.05, 4.69) is 0 Å². The number of nitrogens with zero attached hydrogens (tertiary/aromatic N) is 1. The van der Waals surface area contributed by atoms with E-state index in [-0.39, 0.29) is 10.8 Å². The molecule has 2 rings (SSSR count). The van der Waals surface area contributed by atoms with E-state index in [1.54, 1.807) is 12.1 Å². The second-order valence-electron chi connectivity index (χ2n) is 4.96. The first-order chi connectivity index (χ1) is 9.03. The average Bonchev–Trinajstić information content (AvgIpc) is 2.90. The van der Waals surface area contributed by atoms with Crippen molar-refractivity contribution in [2.45, 2.75) is 43.6 Å². The minimum Gasteiger partial charge on any atom is -0.247 e. The molecule has 1 atom stereocenters. The van der Waals surface area contributed by atoms with Crippen molar-refractivity contribution in [2.75, 3.05) is 0 Å². The Balaban J connectivity index is 2.16. The molecular formula is C14H17NO3S. The van der Waals surface area contributed by atoms with Gasteiger partial charge in [0.15, 0.2) is 6.10 Å². The summed E-state index contributed by atoms with van der Waals surface area (Å²) in [5.74, 6) is 0.0326. The Morgan fingerprint density at radius 2 is 1.84 bits per heavy atom. The van der Waals surface area contributed by atoms with Crippen LogP contribution in [0.4, 0.5) is 0 Å². The smallest absolute Gasteiger partial charge is 0.247 e. The Kier molecular flexibility index (Phi) is 4.23. The number of rotatable bonds is 4. The lowest BCUT2D eigenvalue weighted by molar-refractivity contribution is 0.194. The fourth-order valence-corrected chi connectivity index (χ4v) is 3.42. The van der Waals surface area contributed by atoms with Gasteiger partial charge in [-0.25, -0.2) is 4.18 Å². The highest BCUT2D eigenvalue weighted by molar-refractivity contribution is 7.86. The molecule has 0 heterocycles. The first-order valence-corrected chi connectivity index (χ1v) is 7.83. The maximum absolute atomic E-state index is 12.1. The van der Waals surface area contributed by atoms with Crippen LogP contribution >= 0.6 is 0 Å². The van der Waals surface area contributed by atoms with E-state index in [0.717, 1.165) is 31.2 Å². The fraction of sp³-hybridized carbons (Fsp3) is 0.500. The third-order valence-electron chi connectivity index (χ3n) is 3.50. The zero-order chi connectivity index (χ0) is 13.9. The summed E-state index contributed by atoms with van der Waals surface area (Å²) in [5.41, 5.74) is 0.978. The molecule has 1 aromatic rings. The first-order valence-electron chi connectivity index (χ1n) is 6.42. The lowest BCUT2D eigenvalue weighted by atomic mass is 10.0. The maximum atomic E-state index is 12.1. The van der Waals surface area contributed by atoms with Crippen molar-refractivity contribution in [3.05, 3.63) is 29.8 Å². The Bertz CT molecular complexity index is 566. The topological polar surface area (TPSA) is 67.2 Å². The minimum atomic E-state index is -3.85. The molecule has 5 heteroatoms. The number of benzene rings is 1. The van der Waals surface area contributed by atoms with Crippen LogP contribution in [-0.4, -0.2) is 14.5 Å². The van der Waals surface area contributed by atoms with E-state index in [1.807, 2.05) is 13.0 Å². The van der Waals surface area contributed by atoms with Crippen molar-refractivity contribution in [1.82, 2.24) is 0 Å². The Morgan fingerprint density at radius 1 is 1.26 bits per heavy atom. The predicted octanol–water partition coefficient (Wildman–Crippen LogP) is 2.78. The Morgan fingerprint density at radius 3 is 2.37 bits per heavy atom. The van der Waals surface area contributed by atoms with Gasteiger partial charge in [0, 0.05) is 5.92 Å². The second-order valence-corrected chi connectivity index (χ2v) is 6.53. The lowest BCUT2D eigenvalue weighted by Crippen LogP contribution is -2.24. The van der Waals surface area contributed by atoms with Crippen LogP contribution in [0.2, 0.25) is 0 Å². The van der Waals surface area contributed by atoms with Gasteiger partial charge >= 0.3 is 0 Å². The highest BCUT2D eigenvalue weighted by Crippen LogP contribution is 2.30. The molecule has 1 aliphatic rings. The molecule has 1 unspecified atom stereocenters. The van der Waals surface area contributed by atoms with Crippen LogP contribution in [0, 0.1) is 24.2 Å². The molecule has 0 N–H and O–H groups in total. The minimum absolute atomic E-state index is 0.0326. The maximum Gasteiger partial charge on any atom is 0.298 e. The van der Waals surface area contributed by atoms with Gasteiger partial charge in [-0.3, -0.25) is 0 Å². The SMILES string of the molecule is Cc1ccc(S(=O)(=O)OC(C#N)C2CCCC2)cc1. The molecule has 1 saturated carbocycles. The molecule has 0 aliphatic heterocycles. The standard InChI is InChI=1S/C14H17NO3S/c1-11-6-8-13(9-7-11)19(16,17)18-14(10-15)12-4-2-3-5-12/h6-9,12,14H,2-5H2,1H3. The highest BCUT2D eigenvalue weighted by atomic mass is 32.2. The summed E-state index contributed by atoms with van der Waals surface area (Å²) in [7, 11) is -3.85. The highest BCUT2D eigenvalue weighted by Gasteiger charge is 2.30. The van der Waals surface area contributed by atoms with Crippen molar-refractivity contribution in [2.24, 2.45) is 5.92 Å². The number of nitriles is 1. The van der Waals surface area contributed by atoms with Crippen molar-refractivity contribution in [3.8, 4) is 6.07 Å². The monoisotopic (exact) mass is 279 g/mol. The zero-order valence-electron chi connectivity index (χ0n) is 10.9. The van der Waals surface area contributed by atoms with Crippen LogP contribution in [0.5, 0.6) is 0 Å². The van der Waals surface area contributed by atoms with Crippen LogP contribution in [0.25, 0.3) is 0 Å². The molecule has 0 aromatic heterocycles. The van der Waals surface area contributed by atoms with E-state index < -0.39 is 16.2 Å². The average molecular weight is 279 g/mol. The van der Waals surface area contributed by atoms with Gasteiger partial charge in [-0.05, 0) is 31.9 Å². The number of hydrogen-bond acceptors (Lipinski definition) is 4. The van der Waals surface area contributed by atoms with Crippen molar-refractivity contribution in [1.29, 1.82) is 5.26 Å². The molecule has 0 spiro atoms. The van der Waals surface area contributed by atoms with Crippen molar-refractivity contribution >= 4 is 10.1 Å². The van der Waals surface area contributed by atoms with Crippen LogP contribution in [0.1, 0.15) is 31.2 Å². The lowest BCUT2D eigenvalue weighted by Gasteiger charge is -2.16. The van der Waals surface area contributed by atoms with Gasteiger partial charge in [0.2, 0.25) is 0 Å². The third kappa shape index (κ3) is 3.34. The molecular weight excluding hydrogens is 262 g/mol. The van der Waals surface area contributed by atoms with Gasteiger partial charge < -0.3 is 0 Å². The summed E-state index contributed by atoms with van der Waals surface area (Å²) in [6, 6.07) is 8.43. The van der Waals surface area contributed by atoms with Gasteiger partial charge in [-0.15, -0.1) is 0 Å². The van der Waals surface area contributed by atoms with Gasteiger partial charge in [-0.1, -0.05) is 30.5 Å². The van der Waals surface area contributed by atoms with Gasteiger partial charge in [-0.2, -0.15) is 13.7 Å². The van der Waals surface area contributed by atoms with E-state index >= 15 is 0 Å². The number of hydrogen-bond donors (Lipinski definition) is 0. The second kappa shape index (κ2) is 5.72. The third-order valence-corrected chi connectivity index (χ3v) is 4.81. The predicted molar refractivity (Wildman–Crippen MR) is 70.8 cm³/mol. The van der Waals surface area contributed by atoms with E-state index in [4.69, 9.17) is 9.44 Å². The molecule has 1 aliphatic carbocycles. The summed E-state index contributed by atoms with van der Waals surface area (Å²) in [4.78, 5) is 0.108. The molecule has 19 heavy (non-hydrogen) atoms. The quantitative estimate of drug-likeness (QED) is 0.795. The molecule has 1 aromatic carbocycles. The summed E-state index contributed by atoms with van der Waals surface area (Å²) in [6.07, 6.45) is 2.94. The molecule has 0 saturated heterocycles. The summed E-state index contributed by atoms with van der Waals surface area (Å²) in [5, 5.41) is 9.10. The first kappa shape index (κ1) is 14.0. The fourth-order valence-electron chi connectivity index (χ4n) is 2.36. The van der Waals surface area contributed by atoms with Crippen LogP contribution in [-0.2, 0) is 14.3 Å². The van der Waals surface area contributed by atoms with Crippen molar-refractivity contribution in [3.63, 3.8) is 0 Å². The number of aryl methyl sites for hydroxylation is 1. The molecule has 1 fully saturated rings. The Labute approximate surface area is 114 Å². The zero-order valence-corrected chi connectivity index (χ0v) is 11.7. The summed E-state index contributed by atoms with van der Waals surface area (Å²) < 4.78 is 29.3. The Hall–Kier alpha value is -1.38. The molecule has 4 nitrogen and oxygen atoms in total. The van der Waals surface area contributed by atoms with Gasteiger partial charge in [0.1, 0.15) is 0 Å². The molecule has 0 radical (unpaired) electrons. The van der Waals surface area contributed by atoms with Gasteiger partial charge in [0.05, 0.1) is 11.0 Å². The van der Waals surface area contributed by atoms with Crippen LogP contribution < -0.4 is 0 Å². The van der Waals surface area contributed by atoms with E-state index in [9.17, 15) is 8.42 Å². The van der Waals surface area contributed by atoms with Gasteiger partial charge in [0.25, 0.3) is 10.1 Å². The molecule has 102 valence electrons. The summed E-state index contributed by atoms with van der Waals surface area (Å²) >= 11 is 0. The van der Waals surface area contributed by atoms with E-state index in [0.29, 0.717) is 0 Å². The molecule has 0 amide bonds.